The number of ether oxygens (including phenoxy) is 4. The van der Waals surface area contributed by atoms with Crippen LogP contribution in [0.1, 0.15) is 50.3 Å². The van der Waals surface area contributed by atoms with Crippen LogP contribution >= 0.6 is 0 Å². The zero-order valence-electron chi connectivity index (χ0n) is 17.6. The molecule has 0 amide bonds. The van der Waals surface area contributed by atoms with E-state index in [-0.39, 0.29) is 0 Å². The average Bonchev–Trinajstić information content (AvgIpc) is 2.64. The molecule has 0 radical (unpaired) electrons. The van der Waals surface area contributed by atoms with Crippen LogP contribution in [0.4, 0.5) is 0 Å². The molecule has 2 rings (SSSR count). The van der Waals surface area contributed by atoms with Gasteiger partial charge in [-0.05, 0) is 53.6 Å². The van der Waals surface area contributed by atoms with Crippen molar-refractivity contribution >= 4 is 0 Å². The molecule has 0 aliphatic carbocycles. The third-order valence-electron chi connectivity index (χ3n) is 4.50. The van der Waals surface area contributed by atoms with Gasteiger partial charge in [0.1, 0.15) is 6.61 Å². The summed E-state index contributed by atoms with van der Waals surface area (Å²) in [5, 5.41) is 0. The molecule has 0 saturated heterocycles. The molecule has 0 unspecified atom stereocenters. The van der Waals surface area contributed by atoms with E-state index >= 15 is 0 Å². The minimum absolute atomic E-state index is 0.378. The zero-order valence-corrected chi connectivity index (χ0v) is 17.6. The zero-order chi connectivity index (χ0) is 20.0. The summed E-state index contributed by atoms with van der Waals surface area (Å²) in [5.41, 5.74) is 3.39. The first kappa shape index (κ1) is 20.9. The highest BCUT2D eigenvalue weighted by atomic mass is 16.5. The highest BCUT2D eigenvalue weighted by Gasteiger charge is 2.15. The Labute approximate surface area is 163 Å². The van der Waals surface area contributed by atoms with Gasteiger partial charge in [0, 0.05) is 5.56 Å². The van der Waals surface area contributed by atoms with Gasteiger partial charge in [0.25, 0.3) is 0 Å². The molecule has 2 aromatic carbocycles. The molecule has 0 saturated carbocycles. The molecule has 4 nitrogen and oxygen atoms in total. The van der Waals surface area contributed by atoms with Gasteiger partial charge in [-0.2, -0.15) is 0 Å². The first-order valence-corrected chi connectivity index (χ1v) is 9.44. The second kappa shape index (κ2) is 9.54. The van der Waals surface area contributed by atoms with E-state index in [0.717, 1.165) is 29.2 Å². The number of rotatable bonds is 9. The highest BCUT2D eigenvalue weighted by molar-refractivity contribution is 5.50. The second-order valence-electron chi connectivity index (χ2n) is 7.44. The summed E-state index contributed by atoms with van der Waals surface area (Å²) in [7, 11) is 4.98. The van der Waals surface area contributed by atoms with E-state index in [0.29, 0.717) is 24.2 Å². The number of benzene rings is 2. The highest BCUT2D eigenvalue weighted by Crippen LogP contribution is 2.36. The van der Waals surface area contributed by atoms with Crippen LogP contribution in [0.15, 0.2) is 30.3 Å². The Morgan fingerprint density at radius 1 is 0.778 bits per heavy atom. The van der Waals surface area contributed by atoms with Crippen LogP contribution < -0.4 is 18.9 Å². The number of methoxy groups -OCH3 is 3. The summed E-state index contributed by atoms with van der Waals surface area (Å²) in [6, 6.07) is 10.3. The molecule has 148 valence electrons. The van der Waals surface area contributed by atoms with Crippen LogP contribution in [0.3, 0.4) is 0 Å². The van der Waals surface area contributed by atoms with Crippen LogP contribution in [0.25, 0.3) is 0 Å². The minimum atomic E-state index is 0.378. The largest absolute Gasteiger partial charge is 0.493 e. The average molecular weight is 373 g/mol. The summed E-state index contributed by atoms with van der Waals surface area (Å²) in [6.45, 7) is 9.11. The quantitative estimate of drug-likeness (QED) is 0.573. The molecule has 0 aliphatic heterocycles. The van der Waals surface area contributed by atoms with Crippen LogP contribution in [0.5, 0.6) is 23.0 Å². The van der Waals surface area contributed by atoms with Gasteiger partial charge < -0.3 is 18.9 Å². The molecule has 0 aliphatic rings. The molecular formula is C23H32O4. The van der Waals surface area contributed by atoms with Crippen molar-refractivity contribution in [2.24, 2.45) is 5.92 Å². The first-order chi connectivity index (χ1) is 12.9. The van der Waals surface area contributed by atoms with Gasteiger partial charge in [0.15, 0.2) is 23.0 Å². The molecule has 0 atom stereocenters. The maximum atomic E-state index is 6.15. The van der Waals surface area contributed by atoms with Crippen LogP contribution in [-0.2, 0) is 13.0 Å². The fourth-order valence-electron chi connectivity index (χ4n) is 3.12. The molecule has 0 heterocycles. The summed E-state index contributed by atoms with van der Waals surface area (Å²) in [4.78, 5) is 0. The van der Waals surface area contributed by atoms with Crippen molar-refractivity contribution in [1.82, 2.24) is 0 Å². The lowest BCUT2D eigenvalue weighted by Crippen LogP contribution is -2.05. The van der Waals surface area contributed by atoms with E-state index < -0.39 is 0 Å². The monoisotopic (exact) mass is 372 g/mol. The summed E-state index contributed by atoms with van der Waals surface area (Å²) in [5.74, 6) is 3.88. The molecular weight excluding hydrogens is 340 g/mol. The van der Waals surface area contributed by atoms with Gasteiger partial charge in [0.2, 0.25) is 0 Å². The van der Waals surface area contributed by atoms with Crippen molar-refractivity contribution in [3.63, 3.8) is 0 Å². The minimum Gasteiger partial charge on any atom is -0.493 e. The molecule has 0 fully saturated rings. The van der Waals surface area contributed by atoms with Gasteiger partial charge in [0.05, 0.1) is 21.3 Å². The third kappa shape index (κ3) is 5.31. The Bertz CT molecular complexity index is 750. The van der Waals surface area contributed by atoms with E-state index in [4.69, 9.17) is 18.9 Å². The molecule has 27 heavy (non-hydrogen) atoms. The molecule has 0 bridgehead atoms. The second-order valence-corrected chi connectivity index (χ2v) is 7.44. The Morgan fingerprint density at radius 3 is 2.04 bits per heavy atom. The van der Waals surface area contributed by atoms with Crippen molar-refractivity contribution in [1.29, 1.82) is 0 Å². The van der Waals surface area contributed by atoms with Crippen molar-refractivity contribution in [3.8, 4) is 23.0 Å². The lowest BCUT2D eigenvalue weighted by molar-refractivity contribution is 0.274. The summed E-state index contributed by atoms with van der Waals surface area (Å²) < 4.78 is 22.8. The Hall–Kier alpha value is -2.36. The van der Waals surface area contributed by atoms with Gasteiger partial charge in [-0.25, -0.2) is 0 Å². The predicted octanol–water partition coefficient (Wildman–Crippen LogP) is 5.61. The van der Waals surface area contributed by atoms with E-state index in [2.05, 4.69) is 39.8 Å². The number of hydrogen-bond acceptors (Lipinski definition) is 4. The Balaban J connectivity index is 2.35. The number of hydrogen-bond donors (Lipinski definition) is 0. The topological polar surface area (TPSA) is 36.9 Å². The lowest BCUT2D eigenvalue weighted by Gasteiger charge is -2.18. The first-order valence-electron chi connectivity index (χ1n) is 9.44. The molecule has 2 aromatic rings. The van der Waals surface area contributed by atoms with Gasteiger partial charge in [-0.3, -0.25) is 0 Å². The van der Waals surface area contributed by atoms with Gasteiger partial charge in [-0.15, -0.1) is 0 Å². The van der Waals surface area contributed by atoms with E-state index in [1.54, 1.807) is 21.3 Å². The normalized spacial score (nSPS) is 11.0. The summed E-state index contributed by atoms with van der Waals surface area (Å²) >= 11 is 0. The van der Waals surface area contributed by atoms with Crippen LogP contribution in [0.2, 0.25) is 0 Å². The van der Waals surface area contributed by atoms with Crippen LogP contribution in [0, 0.1) is 5.92 Å². The van der Waals surface area contributed by atoms with E-state index in [9.17, 15) is 0 Å². The standard InChI is InChI=1S/C23H32O4/c1-15(2)10-17-11-19(23(26-7)22(12-17)25-6)14-27-21-13-18(16(3)4)8-9-20(21)24-5/h8-9,11-13,15-16H,10,14H2,1-7H3. The lowest BCUT2D eigenvalue weighted by atomic mass is 10.00. The van der Waals surface area contributed by atoms with Gasteiger partial charge in [-0.1, -0.05) is 33.8 Å². The van der Waals surface area contributed by atoms with Crippen molar-refractivity contribution in [2.45, 2.75) is 46.6 Å². The van der Waals surface area contributed by atoms with Gasteiger partial charge >= 0.3 is 0 Å². The predicted molar refractivity (Wildman–Crippen MR) is 110 cm³/mol. The maximum Gasteiger partial charge on any atom is 0.167 e. The fourth-order valence-corrected chi connectivity index (χ4v) is 3.12. The van der Waals surface area contributed by atoms with Crippen molar-refractivity contribution < 1.29 is 18.9 Å². The Kier molecular flexibility index (Phi) is 7.40. The SMILES string of the molecule is COc1ccc(C(C)C)cc1OCc1cc(CC(C)C)cc(OC)c1OC. The van der Waals surface area contributed by atoms with E-state index in [1.807, 2.05) is 18.2 Å². The molecule has 0 N–H and O–H groups in total. The fraction of sp³-hybridized carbons (Fsp3) is 0.478. The van der Waals surface area contributed by atoms with Crippen molar-refractivity contribution in [2.75, 3.05) is 21.3 Å². The molecule has 4 heteroatoms. The van der Waals surface area contributed by atoms with Crippen molar-refractivity contribution in [3.05, 3.63) is 47.0 Å². The Morgan fingerprint density at radius 2 is 1.48 bits per heavy atom. The maximum absolute atomic E-state index is 6.15. The smallest absolute Gasteiger partial charge is 0.167 e. The van der Waals surface area contributed by atoms with E-state index in [1.165, 1.54) is 11.1 Å². The third-order valence-corrected chi connectivity index (χ3v) is 4.50. The molecule has 0 spiro atoms. The van der Waals surface area contributed by atoms with Crippen LogP contribution in [-0.4, -0.2) is 21.3 Å². The molecule has 0 aromatic heterocycles. The summed E-state index contributed by atoms with van der Waals surface area (Å²) in [6.07, 6.45) is 0.972.